The Balaban J connectivity index is 1.20. The second kappa shape index (κ2) is 9.87. The van der Waals surface area contributed by atoms with Gasteiger partial charge >= 0.3 is 0 Å². The highest BCUT2D eigenvalue weighted by Gasteiger charge is 2.25. The third kappa shape index (κ3) is 3.79. The van der Waals surface area contributed by atoms with Crippen molar-refractivity contribution in [1.29, 1.82) is 0 Å². The van der Waals surface area contributed by atoms with Gasteiger partial charge in [0.05, 0.1) is 10.4 Å². The summed E-state index contributed by atoms with van der Waals surface area (Å²) in [5.74, 6) is 0. The summed E-state index contributed by atoms with van der Waals surface area (Å²) in [5, 5.41) is 7.54. The smallest absolute Gasteiger partial charge is 0.124 e. The first-order valence-electron chi connectivity index (χ1n) is 15.6. The van der Waals surface area contributed by atoms with Crippen LogP contribution in [0.2, 0.25) is 0 Å². The van der Waals surface area contributed by atoms with Crippen molar-refractivity contribution in [3.63, 3.8) is 0 Å². The molecule has 0 saturated heterocycles. The van der Waals surface area contributed by atoms with Crippen LogP contribution in [-0.2, 0) is 0 Å². The molecule has 0 saturated carbocycles. The first-order chi connectivity index (χ1) is 22.8. The molecule has 1 aliphatic rings. The van der Waals surface area contributed by atoms with Crippen LogP contribution in [0.15, 0.2) is 158 Å². The first kappa shape index (κ1) is 25.5. The molecule has 0 aliphatic heterocycles. The molecule has 0 atom stereocenters. The maximum absolute atomic E-state index is 4.73. The van der Waals surface area contributed by atoms with Crippen LogP contribution in [0.3, 0.4) is 0 Å². The summed E-state index contributed by atoms with van der Waals surface area (Å²) in [6.45, 7) is 0. The molecule has 0 unspecified atom stereocenters. The number of hydrogen-bond acceptors (Lipinski definition) is 3. The first-order valence-corrected chi connectivity index (χ1v) is 16.4. The van der Waals surface area contributed by atoms with E-state index in [1.807, 2.05) is 12.3 Å². The molecule has 7 aromatic carbocycles. The average Bonchev–Trinajstić information content (AvgIpc) is 3.66. The molecule has 46 heavy (non-hydrogen) atoms. The molecule has 9 aromatic rings. The molecule has 3 heteroatoms. The van der Waals surface area contributed by atoms with E-state index >= 15 is 0 Å². The highest BCUT2D eigenvalue weighted by atomic mass is 32.1. The fourth-order valence-corrected chi connectivity index (χ4v) is 8.47. The van der Waals surface area contributed by atoms with Crippen LogP contribution in [0.1, 0.15) is 0 Å². The highest BCUT2D eigenvalue weighted by Crippen LogP contribution is 2.51. The molecule has 2 aromatic heterocycles. The number of thiophene rings is 1. The molecule has 0 spiro atoms. The second-order valence-corrected chi connectivity index (χ2v) is 13.0. The third-order valence-electron chi connectivity index (χ3n) is 9.43. The highest BCUT2D eigenvalue weighted by molar-refractivity contribution is 7.26. The summed E-state index contributed by atoms with van der Waals surface area (Å²) in [6.07, 6.45) is 1.89. The molecule has 0 amide bonds. The fraction of sp³-hybridized carbons (Fsp3) is 0. The van der Waals surface area contributed by atoms with Gasteiger partial charge in [0, 0.05) is 28.3 Å². The van der Waals surface area contributed by atoms with Gasteiger partial charge in [-0.1, -0.05) is 103 Å². The monoisotopic (exact) mass is 602 g/mol. The van der Waals surface area contributed by atoms with Crippen LogP contribution >= 0.6 is 11.3 Å². The standard InChI is InChI=1S/C43H26N2S/c1-2-9-29-24-30(18-17-27(29)8-1)28-19-21-32(22-20-28)45(40-16-6-14-37-38-15-7-23-44-43(38)46-42(37)40)33-25-31-10-5-13-36-34-11-3-4-12-35(34)39(26-33)41(31)36/h1-26H. The molecule has 0 bridgehead atoms. The number of pyridine rings is 1. The fourth-order valence-electron chi connectivity index (χ4n) is 7.32. The van der Waals surface area contributed by atoms with E-state index in [2.05, 4.69) is 150 Å². The summed E-state index contributed by atoms with van der Waals surface area (Å²) >= 11 is 1.77. The van der Waals surface area contributed by atoms with Crippen molar-refractivity contribution in [2.75, 3.05) is 4.90 Å². The minimum absolute atomic E-state index is 1.06. The molecule has 0 radical (unpaired) electrons. The summed E-state index contributed by atoms with van der Waals surface area (Å²) in [6, 6.07) is 55.4. The van der Waals surface area contributed by atoms with Crippen LogP contribution in [-0.4, -0.2) is 4.98 Å². The number of benzene rings is 7. The topological polar surface area (TPSA) is 16.1 Å². The van der Waals surface area contributed by atoms with Crippen molar-refractivity contribution in [2.45, 2.75) is 0 Å². The Bertz CT molecular complexity index is 2650. The Morgan fingerprint density at radius 3 is 2.07 bits per heavy atom. The van der Waals surface area contributed by atoms with Gasteiger partial charge < -0.3 is 4.90 Å². The maximum Gasteiger partial charge on any atom is 0.124 e. The number of anilines is 3. The van der Waals surface area contributed by atoms with Gasteiger partial charge in [0.1, 0.15) is 4.83 Å². The predicted molar refractivity (Wildman–Crippen MR) is 197 cm³/mol. The van der Waals surface area contributed by atoms with E-state index in [9.17, 15) is 0 Å². The Labute approximate surface area is 270 Å². The minimum atomic E-state index is 1.06. The Morgan fingerprint density at radius 2 is 1.17 bits per heavy atom. The van der Waals surface area contributed by atoms with Crippen molar-refractivity contribution in [2.24, 2.45) is 0 Å². The zero-order chi connectivity index (χ0) is 30.2. The number of fused-ring (bicyclic) bond motifs is 7. The number of aromatic nitrogens is 1. The van der Waals surface area contributed by atoms with Gasteiger partial charge in [-0.3, -0.25) is 0 Å². The average molecular weight is 603 g/mol. The van der Waals surface area contributed by atoms with E-state index in [-0.39, 0.29) is 0 Å². The SMILES string of the molecule is c1ccc2c(c1)-c1cccc3cc(N(c4ccc(-c5ccc6ccccc6c5)cc4)c4cccc5c4sc4ncccc45)cc-2c13. The van der Waals surface area contributed by atoms with Crippen LogP contribution in [0.25, 0.3) is 75.2 Å². The normalized spacial score (nSPS) is 11.9. The quantitative estimate of drug-likeness (QED) is 0.199. The largest absolute Gasteiger partial charge is 0.309 e. The van der Waals surface area contributed by atoms with Crippen molar-refractivity contribution in [3.05, 3.63) is 158 Å². The summed E-state index contributed by atoms with van der Waals surface area (Å²) < 4.78 is 1.24. The van der Waals surface area contributed by atoms with Crippen molar-refractivity contribution >= 4 is 70.2 Å². The van der Waals surface area contributed by atoms with Gasteiger partial charge in [0.2, 0.25) is 0 Å². The van der Waals surface area contributed by atoms with E-state index in [4.69, 9.17) is 4.98 Å². The van der Waals surface area contributed by atoms with Crippen molar-refractivity contribution < 1.29 is 0 Å². The minimum Gasteiger partial charge on any atom is -0.309 e. The third-order valence-corrected chi connectivity index (χ3v) is 10.6. The lowest BCUT2D eigenvalue weighted by Crippen LogP contribution is -2.10. The van der Waals surface area contributed by atoms with E-state index in [1.165, 1.54) is 70.4 Å². The van der Waals surface area contributed by atoms with Gasteiger partial charge in [-0.05, 0) is 103 Å². The molecular weight excluding hydrogens is 577 g/mol. The molecule has 1 aliphatic carbocycles. The zero-order valence-electron chi connectivity index (χ0n) is 24.8. The van der Waals surface area contributed by atoms with Gasteiger partial charge in [0.25, 0.3) is 0 Å². The molecule has 0 N–H and O–H groups in total. The van der Waals surface area contributed by atoms with Crippen molar-refractivity contribution in [3.8, 4) is 33.4 Å². The van der Waals surface area contributed by atoms with E-state index in [0.29, 0.717) is 0 Å². The molecule has 10 rings (SSSR count). The van der Waals surface area contributed by atoms with E-state index in [0.717, 1.165) is 21.9 Å². The second-order valence-electron chi connectivity index (χ2n) is 12.0. The van der Waals surface area contributed by atoms with Gasteiger partial charge in [-0.2, -0.15) is 0 Å². The molecule has 2 nitrogen and oxygen atoms in total. The molecule has 2 heterocycles. The molecule has 214 valence electrons. The van der Waals surface area contributed by atoms with Crippen LogP contribution in [0.4, 0.5) is 17.1 Å². The molecule has 0 fully saturated rings. The van der Waals surface area contributed by atoms with Gasteiger partial charge in [-0.15, -0.1) is 11.3 Å². The molecular formula is C43H26N2S. The lowest BCUT2D eigenvalue weighted by Gasteiger charge is -2.27. The summed E-state index contributed by atoms with van der Waals surface area (Å²) in [4.78, 5) is 8.23. The summed E-state index contributed by atoms with van der Waals surface area (Å²) in [7, 11) is 0. The number of nitrogens with zero attached hydrogens (tertiary/aromatic N) is 2. The predicted octanol–water partition coefficient (Wildman–Crippen LogP) is 12.5. The Morgan fingerprint density at radius 1 is 0.457 bits per heavy atom. The lowest BCUT2D eigenvalue weighted by molar-refractivity contribution is 1.31. The number of hydrogen-bond donors (Lipinski definition) is 0. The van der Waals surface area contributed by atoms with E-state index in [1.54, 1.807) is 11.3 Å². The van der Waals surface area contributed by atoms with Gasteiger partial charge in [0.15, 0.2) is 0 Å². The zero-order valence-corrected chi connectivity index (χ0v) is 25.6. The van der Waals surface area contributed by atoms with Crippen LogP contribution < -0.4 is 4.90 Å². The van der Waals surface area contributed by atoms with Crippen LogP contribution in [0.5, 0.6) is 0 Å². The van der Waals surface area contributed by atoms with Crippen molar-refractivity contribution in [1.82, 2.24) is 4.98 Å². The summed E-state index contributed by atoms with van der Waals surface area (Å²) in [5.41, 5.74) is 11.1. The van der Waals surface area contributed by atoms with E-state index < -0.39 is 0 Å². The van der Waals surface area contributed by atoms with Crippen LogP contribution in [0, 0.1) is 0 Å². The maximum atomic E-state index is 4.73. The number of rotatable bonds is 4. The Hall–Kier alpha value is -5.77. The Kier molecular flexibility index (Phi) is 5.48. The van der Waals surface area contributed by atoms with Gasteiger partial charge in [-0.25, -0.2) is 4.98 Å². The lowest BCUT2D eigenvalue weighted by atomic mass is 9.99.